The summed E-state index contributed by atoms with van der Waals surface area (Å²) in [7, 11) is 1.74. The SMILES string of the molecule is CCC(=O)N(C)c1ccc(C2=NC(C(=O)NCc3cccnc3F)=CC2)cc1. The van der Waals surface area contributed by atoms with Crippen LogP contribution in [0, 0.1) is 5.95 Å². The minimum absolute atomic E-state index is 0.0385. The topological polar surface area (TPSA) is 74.7 Å². The first-order valence-electron chi connectivity index (χ1n) is 9.02. The average Bonchev–Trinajstić information content (AvgIpc) is 3.22. The van der Waals surface area contributed by atoms with Crippen LogP contribution < -0.4 is 10.2 Å². The van der Waals surface area contributed by atoms with Gasteiger partial charge in [-0.1, -0.05) is 25.1 Å². The number of rotatable bonds is 6. The standard InChI is InChI=1S/C21H21FN4O2/c1-3-19(27)26(2)16-8-6-14(7-9-16)17-10-11-18(25-17)21(28)24-13-15-5-4-12-23-20(15)22/h4-9,11-12H,3,10,13H2,1-2H3,(H,24,28). The van der Waals surface area contributed by atoms with E-state index in [4.69, 9.17) is 0 Å². The minimum Gasteiger partial charge on any atom is -0.346 e. The Kier molecular flexibility index (Phi) is 5.93. The lowest BCUT2D eigenvalue weighted by atomic mass is 10.1. The highest BCUT2D eigenvalue weighted by atomic mass is 19.1. The molecule has 1 aromatic carbocycles. The van der Waals surface area contributed by atoms with Crippen LogP contribution in [0.1, 0.15) is 30.9 Å². The molecule has 1 N–H and O–H groups in total. The predicted octanol–water partition coefficient (Wildman–Crippen LogP) is 2.99. The van der Waals surface area contributed by atoms with Gasteiger partial charge in [-0.25, -0.2) is 9.98 Å². The lowest BCUT2D eigenvalue weighted by Crippen LogP contribution is -2.25. The number of nitrogens with zero attached hydrogens (tertiary/aromatic N) is 3. The fourth-order valence-electron chi connectivity index (χ4n) is 2.83. The molecule has 0 fully saturated rings. The van der Waals surface area contributed by atoms with Crippen LogP contribution in [0.25, 0.3) is 0 Å². The minimum atomic E-state index is -0.598. The summed E-state index contributed by atoms with van der Waals surface area (Å²) in [5.74, 6) is -0.918. The third-order valence-electron chi connectivity index (χ3n) is 4.52. The molecule has 2 amide bonds. The van der Waals surface area contributed by atoms with Crippen molar-refractivity contribution in [3.63, 3.8) is 0 Å². The lowest BCUT2D eigenvalue weighted by molar-refractivity contribution is -0.118. The molecule has 7 heteroatoms. The third kappa shape index (κ3) is 4.31. The zero-order chi connectivity index (χ0) is 20.1. The molecule has 2 aromatic rings. The van der Waals surface area contributed by atoms with Crippen molar-refractivity contribution in [1.82, 2.24) is 10.3 Å². The molecule has 0 spiro atoms. The van der Waals surface area contributed by atoms with E-state index in [0.717, 1.165) is 17.0 Å². The largest absolute Gasteiger partial charge is 0.346 e. The quantitative estimate of drug-likeness (QED) is 0.783. The first-order valence-corrected chi connectivity index (χ1v) is 9.02. The van der Waals surface area contributed by atoms with Crippen molar-refractivity contribution < 1.29 is 14.0 Å². The van der Waals surface area contributed by atoms with Gasteiger partial charge in [0.05, 0.1) is 5.71 Å². The Labute approximate surface area is 162 Å². The molecule has 0 saturated carbocycles. The number of benzene rings is 1. The Bertz CT molecular complexity index is 951. The summed E-state index contributed by atoms with van der Waals surface area (Å²) in [6.45, 7) is 1.87. The maximum Gasteiger partial charge on any atom is 0.269 e. The van der Waals surface area contributed by atoms with E-state index in [-0.39, 0.29) is 18.4 Å². The number of amides is 2. The van der Waals surface area contributed by atoms with Gasteiger partial charge in [0.25, 0.3) is 5.91 Å². The molecule has 1 aliphatic heterocycles. The number of anilines is 1. The van der Waals surface area contributed by atoms with Gasteiger partial charge in [0.15, 0.2) is 0 Å². The Hall–Kier alpha value is -3.35. The molecular formula is C21H21FN4O2. The number of aromatic nitrogens is 1. The first-order chi connectivity index (χ1) is 13.5. The summed E-state index contributed by atoms with van der Waals surface area (Å²) in [6, 6.07) is 10.7. The molecule has 0 aliphatic carbocycles. The number of hydrogen-bond acceptors (Lipinski definition) is 4. The van der Waals surface area contributed by atoms with E-state index >= 15 is 0 Å². The summed E-state index contributed by atoms with van der Waals surface area (Å²) in [5.41, 5.74) is 3.09. The van der Waals surface area contributed by atoms with Crippen LogP contribution in [0.5, 0.6) is 0 Å². The van der Waals surface area contributed by atoms with Gasteiger partial charge >= 0.3 is 0 Å². The van der Waals surface area contributed by atoms with Gasteiger partial charge < -0.3 is 10.2 Å². The molecule has 0 atom stereocenters. The van der Waals surface area contributed by atoms with Crippen LogP contribution in [-0.2, 0) is 16.1 Å². The molecule has 2 heterocycles. The highest BCUT2D eigenvalue weighted by Crippen LogP contribution is 2.20. The van der Waals surface area contributed by atoms with Crippen LogP contribution in [-0.4, -0.2) is 29.6 Å². The molecular weight excluding hydrogens is 359 g/mol. The van der Waals surface area contributed by atoms with Crippen molar-refractivity contribution in [2.75, 3.05) is 11.9 Å². The van der Waals surface area contributed by atoms with Crippen LogP contribution in [0.3, 0.4) is 0 Å². The Balaban J connectivity index is 1.63. The second-order valence-corrected chi connectivity index (χ2v) is 6.34. The number of hydrogen-bond donors (Lipinski definition) is 1. The van der Waals surface area contributed by atoms with E-state index < -0.39 is 5.95 Å². The van der Waals surface area contributed by atoms with Gasteiger partial charge in [0.1, 0.15) is 5.70 Å². The molecule has 0 bridgehead atoms. The average molecular weight is 380 g/mol. The zero-order valence-corrected chi connectivity index (χ0v) is 15.8. The van der Waals surface area contributed by atoms with E-state index in [1.807, 2.05) is 31.2 Å². The van der Waals surface area contributed by atoms with Crippen LogP contribution >= 0.6 is 0 Å². The van der Waals surface area contributed by atoms with Crippen molar-refractivity contribution in [3.8, 4) is 0 Å². The monoisotopic (exact) mass is 380 g/mol. The van der Waals surface area contributed by atoms with Gasteiger partial charge in [-0.2, -0.15) is 4.39 Å². The second kappa shape index (κ2) is 8.56. The number of aliphatic imine (C=N–C) groups is 1. The van der Waals surface area contributed by atoms with Crippen molar-refractivity contribution in [1.29, 1.82) is 0 Å². The van der Waals surface area contributed by atoms with Crippen molar-refractivity contribution in [2.24, 2.45) is 4.99 Å². The third-order valence-corrected chi connectivity index (χ3v) is 4.52. The summed E-state index contributed by atoms with van der Waals surface area (Å²) in [5, 5.41) is 2.66. The van der Waals surface area contributed by atoms with E-state index in [9.17, 15) is 14.0 Å². The smallest absolute Gasteiger partial charge is 0.269 e. The fourth-order valence-corrected chi connectivity index (χ4v) is 2.83. The highest BCUT2D eigenvalue weighted by Gasteiger charge is 2.17. The van der Waals surface area contributed by atoms with E-state index in [1.54, 1.807) is 30.2 Å². The summed E-state index contributed by atoms with van der Waals surface area (Å²) in [6.07, 6.45) is 4.08. The van der Waals surface area contributed by atoms with Gasteiger partial charge in [0.2, 0.25) is 11.9 Å². The van der Waals surface area contributed by atoms with Crippen molar-refractivity contribution in [2.45, 2.75) is 26.3 Å². The van der Waals surface area contributed by atoms with Crippen LogP contribution in [0.2, 0.25) is 0 Å². The Morgan fingerprint density at radius 1 is 1.21 bits per heavy atom. The highest BCUT2D eigenvalue weighted by molar-refractivity contribution is 6.08. The van der Waals surface area contributed by atoms with E-state index in [0.29, 0.717) is 24.1 Å². The van der Waals surface area contributed by atoms with Crippen LogP contribution in [0.4, 0.5) is 10.1 Å². The van der Waals surface area contributed by atoms with Gasteiger partial charge in [-0.05, 0) is 29.8 Å². The number of pyridine rings is 1. The summed E-state index contributed by atoms with van der Waals surface area (Å²) >= 11 is 0. The number of halogens is 1. The normalized spacial score (nSPS) is 13.0. The predicted molar refractivity (Wildman–Crippen MR) is 105 cm³/mol. The fraction of sp³-hybridized carbons (Fsp3) is 0.238. The number of nitrogens with one attached hydrogen (secondary N) is 1. The van der Waals surface area contributed by atoms with E-state index in [1.165, 1.54) is 6.20 Å². The van der Waals surface area contributed by atoms with Crippen molar-refractivity contribution in [3.05, 3.63) is 71.4 Å². The maximum absolute atomic E-state index is 13.5. The molecule has 0 saturated heterocycles. The second-order valence-electron chi connectivity index (χ2n) is 6.34. The lowest BCUT2D eigenvalue weighted by Gasteiger charge is -2.16. The van der Waals surface area contributed by atoms with Crippen molar-refractivity contribution >= 4 is 23.2 Å². The molecule has 6 nitrogen and oxygen atoms in total. The van der Waals surface area contributed by atoms with Gasteiger partial charge in [0, 0.05) is 43.9 Å². The molecule has 0 radical (unpaired) electrons. The maximum atomic E-state index is 13.5. The number of carbonyl (C=O) groups is 2. The zero-order valence-electron chi connectivity index (χ0n) is 15.8. The number of allylic oxidation sites excluding steroid dienone is 1. The van der Waals surface area contributed by atoms with Gasteiger partial charge in [-0.3, -0.25) is 9.59 Å². The Morgan fingerprint density at radius 2 is 1.96 bits per heavy atom. The Morgan fingerprint density at radius 3 is 2.64 bits per heavy atom. The summed E-state index contributed by atoms with van der Waals surface area (Å²) < 4.78 is 13.5. The number of carbonyl (C=O) groups excluding carboxylic acids is 2. The van der Waals surface area contributed by atoms with Crippen LogP contribution in [0.15, 0.2) is 59.4 Å². The molecule has 1 aromatic heterocycles. The first kappa shape index (κ1) is 19.4. The molecule has 3 rings (SSSR count). The molecule has 1 aliphatic rings. The van der Waals surface area contributed by atoms with E-state index in [2.05, 4.69) is 15.3 Å². The van der Waals surface area contributed by atoms with Gasteiger partial charge in [-0.15, -0.1) is 0 Å². The molecule has 28 heavy (non-hydrogen) atoms. The molecule has 144 valence electrons. The molecule has 0 unspecified atom stereocenters. The summed E-state index contributed by atoms with van der Waals surface area (Å²) in [4.78, 5) is 33.6.